The third-order valence-electron chi connectivity index (χ3n) is 2.69. The largest absolute Gasteiger partial charge is 0.383 e. The molecule has 100 valence electrons. The van der Waals surface area contributed by atoms with Crippen LogP contribution in [-0.2, 0) is 9.53 Å². The summed E-state index contributed by atoms with van der Waals surface area (Å²) >= 11 is 1.35. The van der Waals surface area contributed by atoms with Gasteiger partial charge < -0.3 is 25.6 Å². The van der Waals surface area contributed by atoms with Crippen LogP contribution in [0.3, 0.4) is 0 Å². The first kappa shape index (κ1) is 13.2. The Morgan fingerprint density at radius 3 is 2.78 bits per heavy atom. The van der Waals surface area contributed by atoms with Crippen LogP contribution < -0.4 is 10.6 Å². The van der Waals surface area contributed by atoms with Crippen LogP contribution >= 0.6 is 11.3 Å². The van der Waals surface area contributed by atoms with E-state index >= 15 is 0 Å². The maximum atomic E-state index is 10.8. The van der Waals surface area contributed by atoms with Gasteiger partial charge >= 0.3 is 0 Å². The molecule has 7 nitrogen and oxygen atoms in total. The molecule has 0 aromatic carbocycles. The van der Waals surface area contributed by atoms with Gasteiger partial charge in [-0.1, -0.05) is 0 Å². The topological polar surface area (TPSA) is 109 Å². The number of morpholine rings is 1. The average molecular weight is 273 g/mol. The number of nitrogens with zero attached hydrogens (tertiary/aromatic N) is 2. The van der Waals surface area contributed by atoms with Gasteiger partial charge in [0.1, 0.15) is 6.10 Å². The zero-order valence-corrected chi connectivity index (χ0v) is 10.5. The highest BCUT2D eigenvalue weighted by Crippen LogP contribution is 2.26. The van der Waals surface area contributed by atoms with Gasteiger partial charge in [0.25, 0.3) is 0 Å². The van der Waals surface area contributed by atoms with E-state index in [0.717, 1.165) is 18.2 Å². The zero-order chi connectivity index (χ0) is 13.1. The standard InChI is InChI=1S/C10H15N3O4S/c11-9(16)8(15)7(14)6-5-18-10(12-6)13-1-3-17-4-2-13/h5,7-8,14-15H,1-4H2,(H2,11,16). The minimum Gasteiger partial charge on any atom is -0.383 e. The van der Waals surface area contributed by atoms with Crippen molar-refractivity contribution >= 4 is 22.4 Å². The summed E-state index contributed by atoms with van der Waals surface area (Å²) in [6.45, 7) is 2.76. The first-order valence-electron chi connectivity index (χ1n) is 5.53. The highest BCUT2D eigenvalue weighted by molar-refractivity contribution is 7.13. The van der Waals surface area contributed by atoms with Crippen molar-refractivity contribution in [2.24, 2.45) is 5.73 Å². The molecule has 1 aliphatic rings. The van der Waals surface area contributed by atoms with Crippen LogP contribution in [0.25, 0.3) is 0 Å². The van der Waals surface area contributed by atoms with Crippen LogP contribution in [0.1, 0.15) is 11.8 Å². The number of nitrogens with two attached hydrogens (primary N) is 1. The lowest BCUT2D eigenvalue weighted by atomic mass is 10.1. The molecule has 18 heavy (non-hydrogen) atoms. The molecule has 2 unspecified atom stereocenters. The van der Waals surface area contributed by atoms with Crippen molar-refractivity contribution in [2.75, 3.05) is 31.2 Å². The molecule has 0 aliphatic carbocycles. The number of carbonyl (C=O) groups is 1. The summed E-state index contributed by atoms with van der Waals surface area (Å²) in [6, 6.07) is 0. The van der Waals surface area contributed by atoms with Crippen LogP contribution in [0.2, 0.25) is 0 Å². The Morgan fingerprint density at radius 1 is 1.50 bits per heavy atom. The number of carbonyl (C=O) groups excluding carboxylic acids is 1. The Kier molecular flexibility index (Phi) is 4.12. The minimum atomic E-state index is -1.63. The Balaban J connectivity index is 2.07. The summed E-state index contributed by atoms with van der Waals surface area (Å²) < 4.78 is 5.23. The van der Waals surface area contributed by atoms with E-state index in [-0.39, 0.29) is 5.69 Å². The van der Waals surface area contributed by atoms with Gasteiger partial charge in [-0.2, -0.15) is 0 Å². The van der Waals surface area contributed by atoms with Crippen LogP contribution in [0.15, 0.2) is 5.38 Å². The van der Waals surface area contributed by atoms with E-state index in [4.69, 9.17) is 10.5 Å². The van der Waals surface area contributed by atoms with Crippen molar-refractivity contribution in [2.45, 2.75) is 12.2 Å². The molecule has 0 spiro atoms. The van der Waals surface area contributed by atoms with Gasteiger partial charge in [-0.3, -0.25) is 4.79 Å². The molecule has 1 aromatic heterocycles. The monoisotopic (exact) mass is 273 g/mol. The van der Waals surface area contributed by atoms with Gasteiger partial charge in [0, 0.05) is 18.5 Å². The maximum Gasteiger partial charge on any atom is 0.249 e. The molecule has 2 rings (SSSR count). The predicted molar refractivity (Wildman–Crippen MR) is 65.3 cm³/mol. The van der Waals surface area contributed by atoms with Gasteiger partial charge in [-0.05, 0) is 0 Å². The lowest BCUT2D eigenvalue weighted by Gasteiger charge is -2.26. The SMILES string of the molecule is NC(=O)C(O)C(O)c1csc(N2CCOCC2)n1. The number of hydrogen-bond acceptors (Lipinski definition) is 7. The van der Waals surface area contributed by atoms with E-state index in [9.17, 15) is 15.0 Å². The molecule has 4 N–H and O–H groups in total. The Morgan fingerprint density at radius 2 is 2.17 bits per heavy atom. The number of ether oxygens (including phenoxy) is 1. The molecule has 8 heteroatoms. The minimum absolute atomic E-state index is 0.257. The lowest BCUT2D eigenvalue weighted by molar-refractivity contribution is -0.132. The Labute approximate surface area is 108 Å². The van der Waals surface area contributed by atoms with Gasteiger partial charge in [0.2, 0.25) is 5.91 Å². The summed E-state index contributed by atoms with van der Waals surface area (Å²) in [4.78, 5) is 17.0. The second-order valence-electron chi connectivity index (χ2n) is 3.95. The number of aliphatic hydroxyl groups is 2. The highest BCUT2D eigenvalue weighted by Gasteiger charge is 2.26. The molecular weight excluding hydrogens is 258 g/mol. The summed E-state index contributed by atoms with van der Waals surface area (Å²) in [5.41, 5.74) is 5.18. The van der Waals surface area contributed by atoms with Gasteiger partial charge in [0.15, 0.2) is 11.2 Å². The molecule has 0 saturated carbocycles. The smallest absolute Gasteiger partial charge is 0.249 e. The van der Waals surface area contributed by atoms with E-state index < -0.39 is 18.1 Å². The molecular formula is C10H15N3O4S. The third kappa shape index (κ3) is 2.78. The fraction of sp³-hybridized carbons (Fsp3) is 0.600. The van der Waals surface area contributed by atoms with E-state index in [1.807, 2.05) is 4.90 Å². The van der Waals surface area contributed by atoms with Crippen molar-refractivity contribution in [3.8, 4) is 0 Å². The first-order chi connectivity index (χ1) is 8.59. The fourth-order valence-corrected chi connectivity index (χ4v) is 2.54. The van der Waals surface area contributed by atoms with Crippen LogP contribution in [0, 0.1) is 0 Å². The number of rotatable bonds is 4. The second kappa shape index (κ2) is 5.61. The fourth-order valence-electron chi connectivity index (χ4n) is 1.63. The van der Waals surface area contributed by atoms with Crippen molar-refractivity contribution in [1.29, 1.82) is 0 Å². The van der Waals surface area contributed by atoms with E-state index in [1.165, 1.54) is 11.3 Å². The molecule has 1 fully saturated rings. The summed E-state index contributed by atoms with van der Waals surface area (Å²) in [5, 5.41) is 21.4. The van der Waals surface area contributed by atoms with E-state index in [2.05, 4.69) is 4.98 Å². The van der Waals surface area contributed by atoms with Crippen molar-refractivity contribution < 1.29 is 19.7 Å². The molecule has 1 amide bonds. The normalized spacial score (nSPS) is 19.6. The van der Waals surface area contributed by atoms with Crippen molar-refractivity contribution in [1.82, 2.24) is 4.98 Å². The molecule has 1 saturated heterocycles. The number of amides is 1. The molecule has 0 bridgehead atoms. The molecule has 1 aliphatic heterocycles. The number of thiazole rings is 1. The highest BCUT2D eigenvalue weighted by atomic mass is 32.1. The Hall–Kier alpha value is -1.22. The summed E-state index contributed by atoms with van der Waals surface area (Å²) in [5.74, 6) is -0.969. The molecule has 2 heterocycles. The lowest BCUT2D eigenvalue weighted by Crippen LogP contribution is -2.36. The Bertz CT molecular complexity index is 419. The number of hydrogen-bond donors (Lipinski definition) is 3. The molecule has 0 radical (unpaired) electrons. The average Bonchev–Trinajstić information content (AvgIpc) is 2.87. The zero-order valence-electron chi connectivity index (χ0n) is 9.65. The molecule has 1 aromatic rings. The number of anilines is 1. The van der Waals surface area contributed by atoms with Crippen molar-refractivity contribution in [3.63, 3.8) is 0 Å². The first-order valence-corrected chi connectivity index (χ1v) is 6.41. The van der Waals surface area contributed by atoms with Crippen LogP contribution in [0.4, 0.5) is 5.13 Å². The van der Waals surface area contributed by atoms with E-state index in [0.29, 0.717) is 13.2 Å². The van der Waals surface area contributed by atoms with Gasteiger partial charge in [0.05, 0.1) is 18.9 Å². The summed E-state index contributed by atoms with van der Waals surface area (Å²) in [7, 11) is 0. The maximum absolute atomic E-state index is 10.8. The van der Waals surface area contributed by atoms with Crippen molar-refractivity contribution in [3.05, 3.63) is 11.1 Å². The quantitative estimate of drug-likeness (QED) is 0.640. The second-order valence-corrected chi connectivity index (χ2v) is 4.78. The van der Waals surface area contributed by atoms with Gasteiger partial charge in [-0.15, -0.1) is 11.3 Å². The number of aromatic nitrogens is 1. The third-order valence-corrected chi connectivity index (χ3v) is 3.60. The number of aliphatic hydroxyl groups excluding tert-OH is 2. The van der Waals surface area contributed by atoms with E-state index in [1.54, 1.807) is 5.38 Å². The number of primary amides is 1. The predicted octanol–water partition coefficient (Wildman–Crippen LogP) is -1.14. The van der Waals surface area contributed by atoms with Crippen LogP contribution in [0.5, 0.6) is 0 Å². The van der Waals surface area contributed by atoms with Gasteiger partial charge in [-0.25, -0.2) is 4.98 Å². The summed E-state index contributed by atoms with van der Waals surface area (Å²) in [6.07, 6.45) is -3.02. The molecule has 2 atom stereocenters. The van der Waals surface area contributed by atoms with Crippen LogP contribution in [-0.4, -0.2) is 53.5 Å².